The molecule has 17 heavy (non-hydrogen) atoms. The molecule has 1 amide bonds. The number of aromatic nitrogens is 3. The van der Waals surface area contributed by atoms with Crippen molar-refractivity contribution in [1.82, 2.24) is 20.5 Å². The number of hydrogen-bond acceptors (Lipinski definition) is 4. The molecule has 0 aliphatic carbocycles. The van der Waals surface area contributed by atoms with E-state index in [1.807, 2.05) is 12.1 Å². The molecule has 0 atom stereocenters. The van der Waals surface area contributed by atoms with Gasteiger partial charge in [-0.05, 0) is 17.7 Å². The van der Waals surface area contributed by atoms with E-state index in [0.717, 1.165) is 11.4 Å². The lowest BCUT2D eigenvalue weighted by Crippen LogP contribution is -2.14. The molecule has 0 fully saturated rings. The number of amides is 1. The van der Waals surface area contributed by atoms with Crippen molar-refractivity contribution in [3.8, 4) is 0 Å². The van der Waals surface area contributed by atoms with Gasteiger partial charge in [0.25, 0.3) is 0 Å². The van der Waals surface area contributed by atoms with Crippen LogP contribution < -0.4 is 11.1 Å². The Kier molecular flexibility index (Phi) is 3.46. The number of H-pyrrole nitrogens is 1. The summed E-state index contributed by atoms with van der Waals surface area (Å²) in [5.74, 6) is 0.380. The first-order chi connectivity index (χ1) is 8.25. The molecule has 4 N–H and O–H groups in total. The van der Waals surface area contributed by atoms with Gasteiger partial charge >= 0.3 is 0 Å². The summed E-state index contributed by atoms with van der Waals surface area (Å²) in [6.45, 7) is 1.32. The highest BCUT2D eigenvalue weighted by atomic mass is 16.1. The molecule has 2 rings (SSSR count). The Bertz CT molecular complexity index is 477. The molecule has 0 aliphatic heterocycles. The van der Waals surface area contributed by atoms with Gasteiger partial charge in [-0.25, -0.2) is 4.98 Å². The number of nitrogens with two attached hydrogens (primary N) is 1. The quantitative estimate of drug-likeness (QED) is 0.684. The van der Waals surface area contributed by atoms with Crippen LogP contribution in [-0.4, -0.2) is 21.1 Å². The summed E-state index contributed by atoms with van der Waals surface area (Å²) in [6, 6.07) is 7.17. The molecule has 6 heteroatoms. The van der Waals surface area contributed by atoms with Crippen molar-refractivity contribution in [2.75, 3.05) is 0 Å². The molecule has 0 aliphatic rings. The zero-order chi connectivity index (χ0) is 12.1. The molecule has 1 heterocycles. The van der Waals surface area contributed by atoms with E-state index in [2.05, 4.69) is 20.5 Å². The predicted octanol–water partition coefficient (Wildman–Crippen LogP) is 0.193. The van der Waals surface area contributed by atoms with E-state index in [-0.39, 0.29) is 0 Å². The van der Waals surface area contributed by atoms with Crippen LogP contribution in [0.25, 0.3) is 0 Å². The second kappa shape index (κ2) is 5.22. The number of hydrogen-bond donors (Lipinski definition) is 3. The van der Waals surface area contributed by atoms with Gasteiger partial charge in [-0.1, -0.05) is 12.1 Å². The second-order valence-corrected chi connectivity index (χ2v) is 3.60. The summed E-state index contributed by atoms with van der Waals surface area (Å²) in [5.41, 5.74) is 6.75. The maximum Gasteiger partial charge on any atom is 0.248 e. The highest BCUT2D eigenvalue weighted by Crippen LogP contribution is 2.03. The molecular formula is C11H13N5O. The Morgan fingerprint density at radius 1 is 1.29 bits per heavy atom. The standard InChI is InChI=1S/C11H13N5O/c12-11(17)9-3-1-8(2-4-9)5-13-6-10-14-7-15-16-10/h1-4,7,13H,5-6H2,(H2,12,17)(H,14,15,16). The average Bonchev–Trinajstić information content (AvgIpc) is 2.83. The van der Waals surface area contributed by atoms with Gasteiger partial charge in [0.2, 0.25) is 5.91 Å². The summed E-state index contributed by atoms with van der Waals surface area (Å²) in [5, 5.41) is 9.72. The van der Waals surface area contributed by atoms with Gasteiger partial charge in [-0.3, -0.25) is 9.89 Å². The lowest BCUT2D eigenvalue weighted by molar-refractivity contribution is 0.100. The van der Waals surface area contributed by atoms with Crippen molar-refractivity contribution in [3.05, 3.63) is 47.5 Å². The molecule has 2 aromatic rings. The van der Waals surface area contributed by atoms with E-state index in [0.29, 0.717) is 18.7 Å². The molecule has 0 spiro atoms. The number of carbonyl (C=O) groups is 1. The number of benzene rings is 1. The Morgan fingerprint density at radius 3 is 2.65 bits per heavy atom. The van der Waals surface area contributed by atoms with Crippen molar-refractivity contribution in [1.29, 1.82) is 0 Å². The van der Waals surface area contributed by atoms with Crippen LogP contribution in [0, 0.1) is 0 Å². The van der Waals surface area contributed by atoms with Crippen molar-refractivity contribution in [2.45, 2.75) is 13.1 Å². The van der Waals surface area contributed by atoms with Gasteiger partial charge in [0.05, 0.1) is 6.54 Å². The third-order valence-corrected chi connectivity index (χ3v) is 2.32. The molecular weight excluding hydrogens is 218 g/mol. The summed E-state index contributed by atoms with van der Waals surface area (Å²) in [4.78, 5) is 14.9. The fourth-order valence-corrected chi connectivity index (χ4v) is 1.43. The van der Waals surface area contributed by atoms with Gasteiger partial charge in [0, 0.05) is 12.1 Å². The minimum atomic E-state index is -0.411. The lowest BCUT2D eigenvalue weighted by atomic mass is 10.1. The van der Waals surface area contributed by atoms with E-state index in [1.165, 1.54) is 6.33 Å². The number of nitrogens with one attached hydrogen (secondary N) is 2. The van der Waals surface area contributed by atoms with Crippen LogP contribution >= 0.6 is 0 Å². The van der Waals surface area contributed by atoms with Crippen molar-refractivity contribution < 1.29 is 4.79 Å². The first kappa shape index (κ1) is 11.3. The third kappa shape index (κ3) is 3.12. The second-order valence-electron chi connectivity index (χ2n) is 3.60. The fourth-order valence-electron chi connectivity index (χ4n) is 1.43. The van der Waals surface area contributed by atoms with Crippen LogP contribution in [0.15, 0.2) is 30.6 Å². The zero-order valence-corrected chi connectivity index (χ0v) is 9.18. The minimum absolute atomic E-state index is 0.411. The largest absolute Gasteiger partial charge is 0.366 e. The molecule has 0 bridgehead atoms. The normalized spacial score (nSPS) is 10.4. The summed E-state index contributed by atoms with van der Waals surface area (Å²) in [7, 11) is 0. The summed E-state index contributed by atoms with van der Waals surface area (Å²) < 4.78 is 0. The van der Waals surface area contributed by atoms with Crippen molar-refractivity contribution >= 4 is 5.91 Å². The number of aromatic amines is 1. The van der Waals surface area contributed by atoms with E-state index < -0.39 is 5.91 Å². The molecule has 6 nitrogen and oxygen atoms in total. The summed E-state index contributed by atoms with van der Waals surface area (Å²) in [6.07, 6.45) is 1.47. The van der Waals surface area contributed by atoms with Crippen LogP contribution in [-0.2, 0) is 13.1 Å². The van der Waals surface area contributed by atoms with Crippen LogP contribution in [0.1, 0.15) is 21.7 Å². The molecule has 1 aromatic carbocycles. The first-order valence-corrected chi connectivity index (χ1v) is 5.19. The molecule has 0 saturated carbocycles. The number of rotatable bonds is 5. The van der Waals surface area contributed by atoms with Gasteiger partial charge in [0.1, 0.15) is 12.2 Å². The van der Waals surface area contributed by atoms with E-state index in [9.17, 15) is 4.79 Å². The topological polar surface area (TPSA) is 96.7 Å². The Balaban J connectivity index is 1.85. The maximum absolute atomic E-state index is 10.9. The van der Waals surface area contributed by atoms with Crippen LogP contribution in [0.5, 0.6) is 0 Å². The van der Waals surface area contributed by atoms with Crippen LogP contribution in [0.3, 0.4) is 0 Å². The average molecular weight is 231 g/mol. The van der Waals surface area contributed by atoms with E-state index >= 15 is 0 Å². The molecule has 0 saturated heterocycles. The van der Waals surface area contributed by atoms with Gasteiger partial charge in [-0.15, -0.1) is 0 Å². The Hall–Kier alpha value is -2.21. The number of carbonyl (C=O) groups excluding carboxylic acids is 1. The van der Waals surface area contributed by atoms with Gasteiger partial charge < -0.3 is 11.1 Å². The Labute approximate surface area is 98.3 Å². The number of nitrogens with zero attached hydrogens (tertiary/aromatic N) is 2. The van der Waals surface area contributed by atoms with Gasteiger partial charge in [-0.2, -0.15) is 5.10 Å². The number of primary amides is 1. The third-order valence-electron chi connectivity index (χ3n) is 2.32. The van der Waals surface area contributed by atoms with Crippen molar-refractivity contribution in [3.63, 3.8) is 0 Å². The van der Waals surface area contributed by atoms with Crippen LogP contribution in [0.4, 0.5) is 0 Å². The first-order valence-electron chi connectivity index (χ1n) is 5.19. The van der Waals surface area contributed by atoms with E-state index in [1.54, 1.807) is 12.1 Å². The highest BCUT2D eigenvalue weighted by Gasteiger charge is 2.00. The van der Waals surface area contributed by atoms with E-state index in [4.69, 9.17) is 5.73 Å². The predicted molar refractivity (Wildman–Crippen MR) is 61.9 cm³/mol. The summed E-state index contributed by atoms with van der Waals surface area (Å²) >= 11 is 0. The zero-order valence-electron chi connectivity index (χ0n) is 9.18. The highest BCUT2D eigenvalue weighted by molar-refractivity contribution is 5.92. The lowest BCUT2D eigenvalue weighted by Gasteiger charge is -2.03. The monoisotopic (exact) mass is 231 g/mol. The Morgan fingerprint density at radius 2 is 2.06 bits per heavy atom. The molecule has 0 unspecified atom stereocenters. The fraction of sp³-hybridized carbons (Fsp3) is 0.182. The smallest absolute Gasteiger partial charge is 0.248 e. The minimum Gasteiger partial charge on any atom is -0.366 e. The maximum atomic E-state index is 10.9. The van der Waals surface area contributed by atoms with Gasteiger partial charge in [0.15, 0.2) is 0 Å². The molecule has 0 radical (unpaired) electrons. The molecule has 1 aromatic heterocycles. The van der Waals surface area contributed by atoms with Crippen LogP contribution in [0.2, 0.25) is 0 Å². The SMILES string of the molecule is NC(=O)c1ccc(CNCc2ncn[nH]2)cc1. The molecule has 88 valence electrons. The van der Waals surface area contributed by atoms with Crippen molar-refractivity contribution in [2.24, 2.45) is 5.73 Å².